The average molecular weight is 429 g/mol. The summed E-state index contributed by atoms with van der Waals surface area (Å²) in [4.78, 5) is 22.0. The normalized spacial score (nSPS) is 17.2. The van der Waals surface area contributed by atoms with Gasteiger partial charge in [0, 0.05) is 11.6 Å². The molecule has 1 aromatic carbocycles. The van der Waals surface area contributed by atoms with Crippen molar-refractivity contribution in [3.8, 4) is 5.75 Å². The number of hydrogen-bond acceptors (Lipinski definition) is 5. The van der Waals surface area contributed by atoms with Crippen LogP contribution in [0.5, 0.6) is 5.75 Å². The van der Waals surface area contributed by atoms with Crippen LogP contribution in [0.15, 0.2) is 36.4 Å². The van der Waals surface area contributed by atoms with E-state index in [1.807, 2.05) is 22.8 Å². The number of amides is 1. The van der Waals surface area contributed by atoms with Crippen LogP contribution in [0, 0.1) is 0 Å². The number of methoxy groups -OCH3 is 1. The summed E-state index contributed by atoms with van der Waals surface area (Å²) in [6.45, 7) is 3.74. The SMILES string of the molecule is COc1cc(Cl)nc2c1nc(NC(=O)CC(C)(O)c1ccccc1)n2C1(C)CCC1. The summed E-state index contributed by atoms with van der Waals surface area (Å²) in [5.74, 6) is 0.543. The number of halogens is 1. The Morgan fingerprint density at radius 3 is 2.63 bits per heavy atom. The number of hydrogen-bond donors (Lipinski definition) is 2. The molecule has 2 aromatic heterocycles. The maximum Gasteiger partial charge on any atom is 0.229 e. The lowest BCUT2D eigenvalue weighted by atomic mass is 9.78. The molecule has 30 heavy (non-hydrogen) atoms. The topological polar surface area (TPSA) is 89.3 Å². The Kier molecular flexibility index (Phi) is 5.20. The van der Waals surface area contributed by atoms with Gasteiger partial charge in [-0.1, -0.05) is 41.9 Å². The number of aromatic nitrogens is 3. The van der Waals surface area contributed by atoms with Crippen LogP contribution < -0.4 is 10.1 Å². The maximum atomic E-state index is 12.9. The van der Waals surface area contributed by atoms with Crippen LogP contribution in [0.4, 0.5) is 5.95 Å². The predicted molar refractivity (Wildman–Crippen MR) is 116 cm³/mol. The second-order valence-corrected chi connectivity index (χ2v) is 8.69. The molecule has 0 radical (unpaired) electrons. The second-order valence-electron chi connectivity index (χ2n) is 8.31. The fourth-order valence-corrected chi connectivity index (χ4v) is 4.21. The molecule has 158 valence electrons. The van der Waals surface area contributed by atoms with Gasteiger partial charge in [0.05, 0.1) is 19.1 Å². The molecule has 4 rings (SSSR count). The number of ether oxygens (including phenoxy) is 1. The predicted octanol–water partition coefficient (Wildman–Crippen LogP) is 4.23. The number of carbonyl (C=O) groups is 1. The molecule has 1 atom stereocenters. The Morgan fingerprint density at radius 1 is 1.33 bits per heavy atom. The molecule has 0 bridgehead atoms. The number of fused-ring (bicyclic) bond motifs is 1. The molecule has 2 N–H and O–H groups in total. The van der Waals surface area contributed by atoms with Gasteiger partial charge in [-0.2, -0.15) is 0 Å². The van der Waals surface area contributed by atoms with E-state index in [0.717, 1.165) is 19.3 Å². The van der Waals surface area contributed by atoms with Crippen LogP contribution >= 0.6 is 11.6 Å². The van der Waals surface area contributed by atoms with Crippen molar-refractivity contribution in [1.29, 1.82) is 0 Å². The largest absolute Gasteiger partial charge is 0.494 e. The van der Waals surface area contributed by atoms with E-state index in [9.17, 15) is 9.90 Å². The maximum absolute atomic E-state index is 12.9. The van der Waals surface area contributed by atoms with E-state index in [1.54, 1.807) is 32.2 Å². The minimum atomic E-state index is -1.30. The molecule has 1 saturated carbocycles. The van der Waals surface area contributed by atoms with Crippen molar-refractivity contribution >= 4 is 34.6 Å². The van der Waals surface area contributed by atoms with Crippen molar-refractivity contribution in [2.45, 2.75) is 50.7 Å². The molecule has 3 aromatic rings. The highest BCUT2D eigenvalue weighted by Crippen LogP contribution is 2.44. The highest BCUT2D eigenvalue weighted by Gasteiger charge is 2.38. The Labute approximate surface area is 180 Å². The van der Waals surface area contributed by atoms with E-state index in [0.29, 0.717) is 33.6 Å². The molecule has 2 heterocycles. The number of aliphatic hydroxyl groups is 1. The van der Waals surface area contributed by atoms with E-state index < -0.39 is 5.60 Å². The summed E-state index contributed by atoms with van der Waals surface area (Å²) < 4.78 is 7.37. The third-order valence-corrected chi connectivity index (χ3v) is 6.09. The van der Waals surface area contributed by atoms with Crippen molar-refractivity contribution in [2.24, 2.45) is 0 Å². The van der Waals surface area contributed by atoms with Crippen molar-refractivity contribution in [1.82, 2.24) is 14.5 Å². The first-order valence-electron chi connectivity index (χ1n) is 9.95. The average Bonchev–Trinajstić information content (AvgIpc) is 3.03. The third-order valence-electron chi connectivity index (χ3n) is 5.89. The van der Waals surface area contributed by atoms with Crippen LogP contribution in [0.25, 0.3) is 11.2 Å². The van der Waals surface area contributed by atoms with Crippen LogP contribution in [0.1, 0.15) is 45.1 Å². The molecule has 0 saturated heterocycles. The first-order chi connectivity index (χ1) is 14.2. The van der Waals surface area contributed by atoms with Gasteiger partial charge in [0.25, 0.3) is 0 Å². The van der Waals surface area contributed by atoms with Gasteiger partial charge in [-0.3, -0.25) is 14.7 Å². The van der Waals surface area contributed by atoms with Gasteiger partial charge in [-0.05, 0) is 38.7 Å². The molecule has 1 fully saturated rings. The van der Waals surface area contributed by atoms with Gasteiger partial charge in [0.2, 0.25) is 11.9 Å². The number of benzene rings is 1. The summed E-state index contributed by atoms with van der Waals surface area (Å²) in [5, 5.41) is 14.0. The Balaban J connectivity index is 1.70. The quantitative estimate of drug-likeness (QED) is 0.573. The van der Waals surface area contributed by atoms with Gasteiger partial charge < -0.3 is 9.84 Å². The second kappa shape index (κ2) is 7.56. The van der Waals surface area contributed by atoms with E-state index in [1.165, 1.54) is 0 Å². The lowest BCUT2D eigenvalue weighted by molar-refractivity contribution is -0.120. The molecular weight excluding hydrogens is 404 g/mol. The van der Waals surface area contributed by atoms with E-state index in [4.69, 9.17) is 16.3 Å². The Bertz CT molecular complexity index is 1090. The number of pyridine rings is 1. The van der Waals surface area contributed by atoms with Crippen molar-refractivity contribution in [3.05, 3.63) is 47.1 Å². The Morgan fingerprint density at radius 2 is 2.03 bits per heavy atom. The number of imidazole rings is 1. The van der Waals surface area contributed by atoms with Crippen molar-refractivity contribution < 1.29 is 14.6 Å². The monoisotopic (exact) mass is 428 g/mol. The standard InChI is InChI=1S/C22H25ClN4O3/c1-21(10-7-11-21)27-19-18(15(30-3)12-16(23)24-19)26-20(27)25-17(28)13-22(2,29)14-8-5-4-6-9-14/h4-6,8-9,12,29H,7,10-11,13H2,1-3H3,(H,25,26,28). The van der Waals surface area contributed by atoms with Gasteiger partial charge >= 0.3 is 0 Å². The summed E-state index contributed by atoms with van der Waals surface area (Å²) in [6, 6.07) is 10.7. The zero-order valence-corrected chi connectivity index (χ0v) is 18.0. The number of anilines is 1. The summed E-state index contributed by atoms with van der Waals surface area (Å²) in [6.07, 6.45) is 2.87. The van der Waals surface area contributed by atoms with Crippen LogP contribution in [-0.4, -0.2) is 32.7 Å². The minimum Gasteiger partial charge on any atom is -0.494 e. The molecule has 1 aliphatic carbocycles. The van der Waals surface area contributed by atoms with Crippen molar-refractivity contribution in [2.75, 3.05) is 12.4 Å². The molecule has 1 aliphatic rings. The molecule has 0 aliphatic heterocycles. The first kappa shape index (κ1) is 20.6. The highest BCUT2D eigenvalue weighted by atomic mass is 35.5. The fraction of sp³-hybridized carbons (Fsp3) is 0.409. The summed E-state index contributed by atoms with van der Waals surface area (Å²) in [7, 11) is 1.55. The van der Waals surface area contributed by atoms with Gasteiger partial charge in [0.1, 0.15) is 5.15 Å². The van der Waals surface area contributed by atoms with Gasteiger partial charge in [0.15, 0.2) is 16.9 Å². The zero-order valence-electron chi connectivity index (χ0n) is 17.3. The van der Waals surface area contributed by atoms with Crippen molar-refractivity contribution in [3.63, 3.8) is 0 Å². The molecule has 7 nitrogen and oxygen atoms in total. The molecule has 1 unspecified atom stereocenters. The Hall–Kier alpha value is -2.64. The molecule has 0 spiro atoms. The smallest absolute Gasteiger partial charge is 0.229 e. The molecular formula is C22H25ClN4O3. The summed E-state index contributed by atoms with van der Waals surface area (Å²) in [5.41, 5.74) is 0.269. The molecule has 8 heteroatoms. The fourth-order valence-electron chi connectivity index (χ4n) is 4.03. The zero-order chi connectivity index (χ0) is 21.5. The van der Waals surface area contributed by atoms with Crippen LogP contribution in [-0.2, 0) is 15.9 Å². The highest BCUT2D eigenvalue weighted by molar-refractivity contribution is 6.30. The third kappa shape index (κ3) is 3.63. The lowest BCUT2D eigenvalue weighted by Crippen LogP contribution is -2.39. The first-order valence-corrected chi connectivity index (χ1v) is 10.3. The van der Waals surface area contributed by atoms with Gasteiger partial charge in [-0.15, -0.1) is 0 Å². The lowest BCUT2D eigenvalue weighted by Gasteiger charge is -2.40. The number of rotatable bonds is 6. The summed E-state index contributed by atoms with van der Waals surface area (Å²) >= 11 is 6.20. The minimum absolute atomic E-state index is 0.109. The number of carbonyl (C=O) groups excluding carboxylic acids is 1. The molecule has 1 amide bonds. The van der Waals surface area contributed by atoms with Crippen LogP contribution in [0.3, 0.4) is 0 Å². The number of nitrogens with one attached hydrogen (secondary N) is 1. The number of nitrogens with zero attached hydrogens (tertiary/aromatic N) is 3. The van der Waals surface area contributed by atoms with Gasteiger partial charge in [-0.25, -0.2) is 9.97 Å². The van der Waals surface area contributed by atoms with E-state index >= 15 is 0 Å². The van der Waals surface area contributed by atoms with E-state index in [-0.39, 0.29) is 17.9 Å². The van der Waals surface area contributed by atoms with E-state index in [2.05, 4.69) is 22.2 Å². The van der Waals surface area contributed by atoms with Crippen LogP contribution in [0.2, 0.25) is 5.15 Å².